The predicted molar refractivity (Wildman–Crippen MR) is 135 cm³/mol. The van der Waals surface area contributed by atoms with Crippen LogP contribution in [0.4, 0.5) is 35.3 Å². The summed E-state index contributed by atoms with van der Waals surface area (Å²) in [6.45, 7) is 9.76. The molecule has 1 saturated heterocycles. The van der Waals surface area contributed by atoms with Crippen LogP contribution in [0.3, 0.4) is 0 Å². The Morgan fingerprint density at radius 3 is 2.27 bits per heavy atom. The normalized spacial score (nSPS) is 14.6. The number of ether oxygens (including phenoxy) is 2. The Kier molecular flexibility index (Phi) is 7.33. The fourth-order valence-corrected chi connectivity index (χ4v) is 4.05. The minimum Gasteiger partial charge on any atom is -0.493 e. The van der Waals surface area contributed by atoms with E-state index < -0.39 is 17.5 Å². The third kappa shape index (κ3) is 6.33. The largest absolute Gasteiger partial charge is 0.493 e. The third-order valence-electron chi connectivity index (χ3n) is 5.67. The van der Waals surface area contributed by atoms with E-state index in [0.717, 1.165) is 5.69 Å². The highest BCUT2D eigenvalue weighted by molar-refractivity contribution is 5.89. The molecule has 3 aromatic rings. The number of amides is 1. The Morgan fingerprint density at radius 1 is 1.00 bits per heavy atom. The smallest absolute Gasteiger partial charge is 0.434 e. The van der Waals surface area contributed by atoms with Gasteiger partial charge < -0.3 is 24.6 Å². The number of hydrogen-bond acceptors (Lipinski definition) is 7. The van der Waals surface area contributed by atoms with Gasteiger partial charge >= 0.3 is 12.3 Å². The van der Waals surface area contributed by atoms with E-state index in [4.69, 9.17) is 9.47 Å². The molecule has 0 radical (unpaired) electrons. The second-order valence-electron chi connectivity index (χ2n) is 9.60. The maximum atomic E-state index is 13.9. The number of anilines is 3. The molecule has 0 saturated carbocycles. The number of hydrogen-bond donors (Lipinski definition) is 1. The highest BCUT2D eigenvalue weighted by atomic mass is 19.4. The van der Waals surface area contributed by atoms with Gasteiger partial charge in [-0.25, -0.2) is 14.8 Å². The van der Waals surface area contributed by atoms with Crippen LogP contribution in [0.1, 0.15) is 33.4 Å². The summed E-state index contributed by atoms with van der Waals surface area (Å²) in [4.78, 5) is 24.2. The summed E-state index contributed by atoms with van der Waals surface area (Å²) in [7, 11) is 0. The van der Waals surface area contributed by atoms with E-state index in [1.54, 1.807) is 30.0 Å². The topological polar surface area (TPSA) is 79.8 Å². The second-order valence-corrected chi connectivity index (χ2v) is 9.60. The zero-order chi connectivity index (χ0) is 26.8. The number of nitrogens with one attached hydrogen (secondary N) is 1. The molecule has 1 aliphatic heterocycles. The molecule has 4 rings (SSSR count). The summed E-state index contributed by atoms with van der Waals surface area (Å²) in [5, 5.41) is 2.72. The lowest BCUT2D eigenvalue weighted by molar-refractivity contribution is -0.139. The minimum atomic E-state index is -4.68. The first kappa shape index (κ1) is 26.3. The first-order chi connectivity index (χ1) is 17.4. The van der Waals surface area contributed by atoms with Crippen LogP contribution in [0.15, 0.2) is 42.5 Å². The van der Waals surface area contributed by atoms with Crippen molar-refractivity contribution in [2.45, 2.75) is 39.5 Å². The van der Waals surface area contributed by atoms with E-state index in [-0.39, 0.29) is 35.3 Å². The van der Waals surface area contributed by atoms with Gasteiger partial charge in [-0.15, -0.1) is 0 Å². The monoisotopic (exact) mass is 517 g/mol. The van der Waals surface area contributed by atoms with Crippen LogP contribution in [-0.2, 0) is 10.9 Å². The van der Waals surface area contributed by atoms with Crippen molar-refractivity contribution >= 4 is 34.3 Å². The Hall–Kier alpha value is -3.76. The molecule has 8 nitrogen and oxygen atoms in total. The molecule has 0 aliphatic carbocycles. The fourth-order valence-electron chi connectivity index (χ4n) is 4.05. The number of fused-ring (bicyclic) bond motifs is 1. The Morgan fingerprint density at radius 2 is 1.68 bits per heavy atom. The van der Waals surface area contributed by atoms with Crippen LogP contribution in [0.2, 0.25) is 0 Å². The molecule has 198 valence electrons. The summed E-state index contributed by atoms with van der Waals surface area (Å²) in [6.07, 6.45) is -5.01. The van der Waals surface area contributed by atoms with Gasteiger partial charge in [-0.05, 0) is 64.1 Å². The first-order valence-corrected chi connectivity index (χ1v) is 12.1. The number of benzene rings is 2. The molecule has 1 aromatic heterocycles. The highest BCUT2D eigenvalue weighted by Crippen LogP contribution is 2.38. The van der Waals surface area contributed by atoms with Gasteiger partial charge in [0.15, 0.2) is 5.69 Å². The zero-order valence-corrected chi connectivity index (χ0v) is 21.2. The minimum absolute atomic E-state index is 0.0926. The number of alkyl halides is 3. The lowest BCUT2D eigenvalue weighted by Crippen LogP contribution is -2.50. The molecule has 0 unspecified atom stereocenters. The molecule has 1 amide bonds. The Labute approximate surface area is 213 Å². The number of nitrogens with zero attached hydrogens (tertiary/aromatic N) is 4. The molecule has 37 heavy (non-hydrogen) atoms. The number of carbonyl (C=O) groups excluding carboxylic acids is 1. The molecule has 2 heterocycles. The predicted octanol–water partition coefficient (Wildman–Crippen LogP) is 5.85. The summed E-state index contributed by atoms with van der Waals surface area (Å²) < 4.78 is 52.4. The van der Waals surface area contributed by atoms with Crippen LogP contribution in [0.25, 0.3) is 10.9 Å². The standard InChI is InChI=1S/C26H30F3N5O3/c1-5-36-20-8-6-7-19-21(20)22(26(27,28)29)32-23(31-19)30-17-9-11-18(12-10-17)33-13-15-34(16-14-33)24(35)37-25(2,3)4/h6-12H,5,13-16H2,1-4H3,(H,30,31,32). The quantitative estimate of drug-likeness (QED) is 0.455. The second kappa shape index (κ2) is 10.3. The molecule has 1 N–H and O–H groups in total. The van der Waals surface area contributed by atoms with Crippen LogP contribution in [0, 0.1) is 0 Å². The molecular formula is C26H30F3N5O3. The van der Waals surface area contributed by atoms with Crippen molar-refractivity contribution < 1.29 is 27.4 Å². The number of piperazine rings is 1. The summed E-state index contributed by atoms with van der Waals surface area (Å²) in [5.74, 6) is -0.0674. The molecule has 11 heteroatoms. The van der Waals surface area contributed by atoms with Crippen LogP contribution >= 0.6 is 0 Å². The summed E-state index contributed by atoms with van der Waals surface area (Å²) in [6, 6.07) is 11.8. The van der Waals surface area contributed by atoms with Crippen molar-refractivity contribution in [1.82, 2.24) is 14.9 Å². The summed E-state index contributed by atoms with van der Waals surface area (Å²) >= 11 is 0. The van der Waals surface area contributed by atoms with Gasteiger partial charge in [0.05, 0.1) is 17.5 Å². The first-order valence-electron chi connectivity index (χ1n) is 12.1. The molecule has 0 atom stereocenters. The van der Waals surface area contributed by atoms with E-state index in [0.29, 0.717) is 31.9 Å². The number of halogens is 3. The van der Waals surface area contributed by atoms with Crippen molar-refractivity contribution in [3.8, 4) is 5.75 Å². The molecule has 2 aromatic carbocycles. The molecule has 0 spiro atoms. The number of rotatable bonds is 5. The van der Waals surface area contributed by atoms with E-state index in [1.165, 1.54) is 12.1 Å². The average Bonchev–Trinajstić information content (AvgIpc) is 2.83. The van der Waals surface area contributed by atoms with Crippen molar-refractivity contribution in [3.05, 3.63) is 48.2 Å². The van der Waals surface area contributed by atoms with Gasteiger partial charge in [0.1, 0.15) is 11.4 Å². The van der Waals surface area contributed by atoms with Crippen molar-refractivity contribution in [2.24, 2.45) is 0 Å². The SMILES string of the molecule is CCOc1cccc2nc(Nc3ccc(N4CCN(C(=O)OC(C)(C)C)CC4)cc3)nc(C(F)(F)F)c12. The van der Waals surface area contributed by atoms with Crippen LogP contribution in [-0.4, -0.2) is 59.3 Å². The van der Waals surface area contributed by atoms with Crippen molar-refractivity contribution in [3.63, 3.8) is 0 Å². The van der Waals surface area contributed by atoms with Gasteiger partial charge in [0.25, 0.3) is 0 Å². The van der Waals surface area contributed by atoms with Crippen molar-refractivity contribution in [1.29, 1.82) is 0 Å². The van der Waals surface area contributed by atoms with E-state index in [2.05, 4.69) is 20.2 Å². The summed E-state index contributed by atoms with van der Waals surface area (Å²) in [5.41, 5.74) is 0.0210. The lowest BCUT2D eigenvalue weighted by atomic mass is 10.1. The molecular weight excluding hydrogens is 487 g/mol. The maximum Gasteiger partial charge on any atom is 0.434 e. The van der Waals surface area contributed by atoms with Crippen molar-refractivity contribution in [2.75, 3.05) is 43.0 Å². The zero-order valence-electron chi connectivity index (χ0n) is 21.2. The number of aromatic nitrogens is 2. The Balaban J connectivity index is 1.48. The van der Waals surface area contributed by atoms with Gasteiger partial charge in [0.2, 0.25) is 5.95 Å². The molecule has 1 fully saturated rings. The highest BCUT2D eigenvalue weighted by Gasteiger charge is 2.37. The molecule has 0 bridgehead atoms. The van der Waals surface area contributed by atoms with Gasteiger partial charge in [0, 0.05) is 37.6 Å². The van der Waals surface area contributed by atoms with Gasteiger partial charge in [-0.1, -0.05) is 6.07 Å². The Bertz CT molecular complexity index is 1250. The lowest BCUT2D eigenvalue weighted by Gasteiger charge is -2.36. The molecule has 1 aliphatic rings. The van der Waals surface area contributed by atoms with Crippen LogP contribution < -0.4 is 15.0 Å². The van der Waals surface area contributed by atoms with E-state index >= 15 is 0 Å². The van der Waals surface area contributed by atoms with E-state index in [1.807, 2.05) is 32.9 Å². The maximum absolute atomic E-state index is 13.9. The van der Waals surface area contributed by atoms with Gasteiger partial charge in [-0.3, -0.25) is 0 Å². The fraction of sp³-hybridized carbons (Fsp3) is 0.423. The average molecular weight is 518 g/mol. The number of carbonyl (C=O) groups is 1. The third-order valence-corrected chi connectivity index (χ3v) is 5.67. The van der Waals surface area contributed by atoms with Gasteiger partial charge in [-0.2, -0.15) is 13.2 Å². The van der Waals surface area contributed by atoms with Crippen LogP contribution in [0.5, 0.6) is 5.75 Å². The van der Waals surface area contributed by atoms with E-state index in [9.17, 15) is 18.0 Å².